The third-order valence-corrected chi connectivity index (χ3v) is 9.37. The van der Waals surface area contributed by atoms with Crippen LogP contribution in [0.5, 0.6) is 0 Å². The zero-order chi connectivity index (χ0) is 29.7. The summed E-state index contributed by atoms with van der Waals surface area (Å²) in [4.78, 5) is 28.3. The lowest BCUT2D eigenvalue weighted by atomic mass is 10.1. The Morgan fingerprint density at radius 1 is 0.857 bits per heavy atom. The molecule has 2 amide bonds. The Hall–Kier alpha value is -4.14. The second-order valence-electron chi connectivity index (χ2n) is 10.3. The predicted octanol–water partition coefficient (Wildman–Crippen LogP) is 6.92. The molecule has 0 aromatic heterocycles. The van der Waals surface area contributed by atoms with E-state index in [2.05, 4.69) is 5.32 Å². The van der Waals surface area contributed by atoms with Crippen LogP contribution < -0.4 is 9.62 Å². The minimum absolute atomic E-state index is 0.0352. The predicted molar refractivity (Wildman–Crippen MR) is 167 cm³/mol. The van der Waals surface area contributed by atoms with E-state index in [1.54, 1.807) is 97.1 Å². The Morgan fingerprint density at radius 3 is 2.24 bits per heavy atom. The minimum Gasteiger partial charge on any atom is -0.339 e. The molecule has 216 valence electrons. The van der Waals surface area contributed by atoms with Gasteiger partial charge >= 0.3 is 0 Å². The summed E-state index contributed by atoms with van der Waals surface area (Å²) >= 11 is 6.27. The van der Waals surface area contributed by atoms with Crippen molar-refractivity contribution >= 4 is 44.8 Å². The van der Waals surface area contributed by atoms with Crippen molar-refractivity contribution in [1.29, 1.82) is 0 Å². The third-order valence-electron chi connectivity index (χ3n) is 7.36. The molecule has 0 atom stereocenters. The van der Waals surface area contributed by atoms with Gasteiger partial charge in [-0.25, -0.2) is 8.42 Å². The number of rotatable bonds is 8. The van der Waals surface area contributed by atoms with Gasteiger partial charge in [0.15, 0.2) is 0 Å². The number of nitrogens with one attached hydrogen (secondary N) is 1. The molecule has 0 saturated carbocycles. The molecule has 42 heavy (non-hydrogen) atoms. The lowest BCUT2D eigenvalue weighted by molar-refractivity contribution is 0.0725. The molecule has 1 heterocycles. The number of anilines is 2. The first-order valence-corrected chi connectivity index (χ1v) is 15.7. The Morgan fingerprint density at radius 2 is 1.52 bits per heavy atom. The first-order valence-electron chi connectivity index (χ1n) is 13.9. The summed E-state index contributed by atoms with van der Waals surface area (Å²) in [5.41, 5.74) is 3.22. The molecule has 7 nitrogen and oxygen atoms in total. The summed E-state index contributed by atoms with van der Waals surface area (Å²) < 4.78 is 28.9. The van der Waals surface area contributed by atoms with Crippen LogP contribution in [0, 0.1) is 6.92 Å². The highest BCUT2D eigenvalue weighted by molar-refractivity contribution is 7.92. The number of benzene rings is 4. The molecule has 1 fully saturated rings. The molecule has 0 spiro atoms. The summed E-state index contributed by atoms with van der Waals surface area (Å²) in [6, 6.07) is 27.2. The largest absolute Gasteiger partial charge is 0.339 e. The van der Waals surface area contributed by atoms with Gasteiger partial charge in [-0.2, -0.15) is 0 Å². The van der Waals surface area contributed by atoms with Crippen molar-refractivity contribution in [2.75, 3.05) is 22.7 Å². The van der Waals surface area contributed by atoms with Crippen molar-refractivity contribution in [3.05, 3.63) is 124 Å². The van der Waals surface area contributed by atoms with Crippen LogP contribution in [0.15, 0.2) is 102 Å². The van der Waals surface area contributed by atoms with E-state index < -0.39 is 10.0 Å². The minimum atomic E-state index is -3.92. The van der Waals surface area contributed by atoms with Crippen LogP contribution in [-0.2, 0) is 16.6 Å². The molecule has 1 N–H and O–H groups in total. The molecule has 5 rings (SSSR count). The van der Waals surface area contributed by atoms with Crippen LogP contribution in [0.1, 0.15) is 51.1 Å². The van der Waals surface area contributed by atoms with Crippen molar-refractivity contribution in [1.82, 2.24) is 4.90 Å². The van der Waals surface area contributed by atoms with Crippen molar-refractivity contribution in [3.63, 3.8) is 0 Å². The van der Waals surface area contributed by atoms with Gasteiger partial charge in [0.1, 0.15) is 0 Å². The van der Waals surface area contributed by atoms with Crippen LogP contribution in [0.3, 0.4) is 0 Å². The van der Waals surface area contributed by atoms with Gasteiger partial charge in [0.05, 0.1) is 28.4 Å². The molecule has 9 heteroatoms. The molecular weight excluding hydrogens is 570 g/mol. The maximum atomic E-state index is 13.8. The maximum absolute atomic E-state index is 13.8. The zero-order valence-electron chi connectivity index (χ0n) is 23.3. The molecule has 0 radical (unpaired) electrons. The molecule has 1 aliphatic heterocycles. The van der Waals surface area contributed by atoms with E-state index in [0.29, 0.717) is 46.2 Å². The number of amides is 2. The fourth-order valence-electron chi connectivity index (χ4n) is 5.04. The van der Waals surface area contributed by atoms with Gasteiger partial charge < -0.3 is 10.2 Å². The van der Waals surface area contributed by atoms with E-state index in [1.165, 1.54) is 4.31 Å². The summed E-state index contributed by atoms with van der Waals surface area (Å²) in [7, 11) is -3.92. The molecular formula is C33H32ClN3O4S. The van der Waals surface area contributed by atoms with E-state index in [4.69, 9.17) is 11.6 Å². The third kappa shape index (κ3) is 6.50. The molecule has 0 aliphatic carbocycles. The number of hydrogen-bond acceptors (Lipinski definition) is 4. The van der Waals surface area contributed by atoms with Gasteiger partial charge in [0, 0.05) is 23.7 Å². The number of para-hydroxylation sites is 1. The topological polar surface area (TPSA) is 86.8 Å². The Balaban J connectivity index is 1.38. The number of carbonyl (C=O) groups excluding carboxylic acids is 2. The Labute approximate surface area is 251 Å². The van der Waals surface area contributed by atoms with Crippen molar-refractivity contribution in [2.45, 2.75) is 37.6 Å². The molecule has 1 saturated heterocycles. The number of sulfonamides is 1. The highest BCUT2D eigenvalue weighted by Gasteiger charge is 2.27. The highest BCUT2D eigenvalue weighted by atomic mass is 35.5. The number of hydrogen-bond donors (Lipinski definition) is 1. The van der Waals surface area contributed by atoms with E-state index in [1.807, 2.05) is 11.8 Å². The van der Waals surface area contributed by atoms with Gasteiger partial charge in [0.25, 0.3) is 21.8 Å². The first-order chi connectivity index (χ1) is 20.2. The van der Waals surface area contributed by atoms with Crippen molar-refractivity contribution < 1.29 is 18.0 Å². The SMILES string of the molecule is Cc1ccc(Cl)cc1N(Cc1ccc(C(=O)Nc2ccccc2C(=O)N2CCCCC2)cc1)S(=O)(=O)c1ccccc1. The average molecular weight is 602 g/mol. The monoisotopic (exact) mass is 601 g/mol. The van der Waals surface area contributed by atoms with Crippen LogP contribution in [-0.4, -0.2) is 38.2 Å². The second kappa shape index (κ2) is 12.8. The molecule has 4 aromatic rings. The van der Waals surface area contributed by atoms with Gasteiger partial charge in [-0.15, -0.1) is 0 Å². The van der Waals surface area contributed by atoms with Crippen LogP contribution in [0.2, 0.25) is 5.02 Å². The molecule has 4 aromatic carbocycles. The normalized spacial score (nSPS) is 13.4. The first kappa shape index (κ1) is 29.4. The summed E-state index contributed by atoms with van der Waals surface area (Å²) in [5.74, 6) is -0.447. The maximum Gasteiger partial charge on any atom is 0.264 e. The van der Waals surface area contributed by atoms with Crippen LogP contribution in [0.4, 0.5) is 11.4 Å². The quantitative estimate of drug-likeness (QED) is 0.237. The van der Waals surface area contributed by atoms with Gasteiger partial charge in [-0.3, -0.25) is 13.9 Å². The van der Waals surface area contributed by atoms with E-state index in [-0.39, 0.29) is 23.3 Å². The summed E-state index contributed by atoms with van der Waals surface area (Å²) in [6.45, 7) is 3.30. The number of nitrogens with zero attached hydrogens (tertiary/aromatic N) is 2. The number of piperidine rings is 1. The number of halogens is 1. The second-order valence-corrected chi connectivity index (χ2v) is 12.6. The number of aryl methyl sites for hydroxylation is 1. The van der Waals surface area contributed by atoms with E-state index in [9.17, 15) is 18.0 Å². The average Bonchev–Trinajstić information content (AvgIpc) is 3.02. The molecule has 0 bridgehead atoms. The molecule has 0 unspecified atom stereocenters. The van der Waals surface area contributed by atoms with Gasteiger partial charge in [-0.1, -0.05) is 60.1 Å². The number of carbonyl (C=O) groups is 2. The fraction of sp³-hybridized carbons (Fsp3) is 0.212. The standard InChI is InChI=1S/C33H32ClN3O4S/c1-24-14-19-27(34)22-31(24)37(42(40,41)28-10-4-2-5-11-28)23-25-15-17-26(18-16-25)32(38)35-30-13-7-6-12-29(30)33(39)36-20-8-3-9-21-36/h2,4-7,10-19,22H,3,8-9,20-21,23H2,1H3,(H,35,38). The van der Waals surface area contributed by atoms with Gasteiger partial charge in [0.2, 0.25) is 0 Å². The zero-order valence-corrected chi connectivity index (χ0v) is 24.9. The summed E-state index contributed by atoms with van der Waals surface area (Å²) in [6.07, 6.45) is 3.08. The smallest absolute Gasteiger partial charge is 0.264 e. The van der Waals surface area contributed by atoms with E-state index >= 15 is 0 Å². The molecule has 1 aliphatic rings. The van der Waals surface area contributed by atoms with Gasteiger partial charge in [-0.05, 0) is 85.8 Å². The summed E-state index contributed by atoms with van der Waals surface area (Å²) in [5, 5.41) is 3.31. The van der Waals surface area contributed by atoms with E-state index in [0.717, 1.165) is 24.8 Å². The fourth-order valence-corrected chi connectivity index (χ4v) is 6.73. The Kier molecular flexibility index (Phi) is 8.94. The van der Waals surface area contributed by atoms with Crippen molar-refractivity contribution in [2.24, 2.45) is 0 Å². The van der Waals surface area contributed by atoms with Crippen LogP contribution in [0.25, 0.3) is 0 Å². The highest BCUT2D eigenvalue weighted by Crippen LogP contribution is 2.31. The number of likely N-dealkylation sites (tertiary alicyclic amines) is 1. The van der Waals surface area contributed by atoms with Crippen LogP contribution >= 0.6 is 11.6 Å². The Bertz CT molecular complexity index is 1690. The lowest BCUT2D eigenvalue weighted by Gasteiger charge is -2.27. The van der Waals surface area contributed by atoms with Crippen molar-refractivity contribution in [3.8, 4) is 0 Å². The lowest BCUT2D eigenvalue weighted by Crippen LogP contribution is -2.36.